The van der Waals surface area contributed by atoms with Gasteiger partial charge in [0.25, 0.3) is 5.91 Å². The normalized spacial score (nSPS) is 19.6. The first-order valence-corrected chi connectivity index (χ1v) is 11.9. The number of ether oxygens (including phenoxy) is 2. The molecule has 2 saturated heterocycles. The molecule has 3 heterocycles. The van der Waals surface area contributed by atoms with Crippen LogP contribution in [0.2, 0.25) is 0 Å². The summed E-state index contributed by atoms with van der Waals surface area (Å²) in [6.45, 7) is 5.86. The maximum absolute atomic E-state index is 13.4. The fourth-order valence-electron chi connectivity index (χ4n) is 4.71. The van der Waals surface area contributed by atoms with Crippen molar-refractivity contribution < 1.29 is 14.3 Å². The van der Waals surface area contributed by atoms with Gasteiger partial charge in [0.05, 0.1) is 36.6 Å². The van der Waals surface area contributed by atoms with E-state index in [2.05, 4.69) is 35.2 Å². The van der Waals surface area contributed by atoms with Crippen LogP contribution in [0.4, 0.5) is 0 Å². The van der Waals surface area contributed by atoms with E-state index in [0.29, 0.717) is 38.5 Å². The van der Waals surface area contributed by atoms with Crippen LogP contribution in [0.15, 0.2) is 60.7 Å². The Labute approximate surface area is 195 Å². The van der Waals surface area contributed by atoms with Crippen molar-refractivity contribution in [1.29, 1.82) is 0 Å². The Morgan fingerprint density at radius 3 is 2.61 bits per heavy atom. The Bertz CT molecular complexity index is 1080. The van der Waals surface area contributed by atoms with E-state index < -0.39 is 0 Å². The van der Waals surface area contributed by atoms with Crippen LogP contribution in [-0.4, -0.2) is 73.2 Å². The monoisotopic (exact) mass is 445 g/mol. The highest BCUT2D eigenvalue weighted by Gasteiger charge is 2.26. The van der Waals surface area contributed by atoms with Gasteiger partial charge < -0.3 is 14.4 Å². The molecule has 0 aliphatic carbocycles. The minimum atomic E-state index is -0.128. The molecule has 0 saturated carbocycles. The minimum absolute atomic E-state index is 0.0497. The summed E-state index contributed by atoms with van der Waals surface area (Å²) >= 11 is 0. The number of hydrogen-bond donors (Lipinski definition) is 0. The van der Waals surface area contributed by atoms with E-state index in [9.17, 15) is 4.79 Å². The number of hydrogen-bond acceptors (Lipinski definition) is 5. The van der Waals surface area contributed by atoms with Gasteiger partial charge in [0.15, 0.2) is 0 Å². The molecule has 0 radical (unpaired) electrons. The second-order valence-corrected chi connectivity index (χ2v) is 8.77. The van der Waals surface area contributed by atoms with Gasteiger partial charge in [-0.25, -0.2) is 4.98 Å². The van der Waals surface area contributed by atoms with Crippen molar-refractivity contribution in [2.45, 2.75) is 18.9 Å². The summed E-state index contributed by atoms with van der Waals surface area (Å²) in [5.41, 5.74) is 3.78. The molecule has 6 heteroatoms. The van der Waals surface area contributed by atoms with E-state index in [4.69, 9.17) is 14.5 Å². The summed E-state index contributed by atoms with van der Waals surface area (Å²) in [5.74, 6) is 0.0497. The molecule has 0 spiro atoms. The molecular formula is C27H31N3O3. The number of benzene rings is 2. The molecule has 172 valence electrons. The molecule has 3 aromatic rings. The van der Waals surface area contributed by atoms with Crippen molar-refractivity contribution in [1.82, 2.24) is 14.8 Å². The first-order valence-electron chi connectivity index (χ1n) is 11.9. The summed E-state index contributed by atoms with van der Waals surface area (Å²) in [4.78, 5) is 22.6. The van der Waals surface area contributed by atoms with Crippen LogP contribution in [0.5, 0.6) is 0 Å². The van der Waals surface area contributed by atoms with Crippen LogP contribution < -0.4 is 0 Å². The number of pyridine rings is 1. The van der Waals surface area contributed by atoms with Crippen LogP contribution >= 0.6 is 0 Å². The first kappa shape index (κ1) is 22.0. The summed E-state index contributed by atoms with van der Waals surface area (Å²) in [6.07, 6.45) is 2.06. The second-order valence-electron chi connectivity index (χ2n) is 8.77. The SMILES string of the molecule is O=C(c1cc(C2CN(CCCc3ccccc3)CCO2)nc2ccccc12)N1CCOCC1. The Morgan fingerprint density at radius 2 is 1.76 bits per heavy atom. The largest absolute Gasteiger partial charge is 0.378 e. The average molecular weight is 446 g/mol. The molecule has 33 heavy (non-hydrogen) atoms. The van der Waals surface area contributed by atoms with Gasteiger partial charge >= 0.3 is 0 Å². The average Bonchev–Trinajstić information content (AvgIpc) is 2.89. The van der Waals surface area contributed by atoms with Crippen LogP contribution in [-0.2, 0) is 15.9 Å². The van der Waals surface area contributed by atoms with Crippen LogP contribution in [0.1, 0.15) is 34.1 Å². The van der Waals surface area contributed by atoms with Crippen molar-refractivity contribution in [3.05, 3.63) is 77.5 Å². The van der Waals surface area contributed by atoms with Gasteiger partial charge in [-0.2, -0.15) is 0 Å². The third kappa shape index (κ3) is 5.24. The zero-order valence-corrected chi connectivity index (χ0v) is 19.0. The van der Waals surface area contributed by atoms with E-state index in [1.54, 1.807) is 0 Å². The van der Waals surface area contributed by atoms with E-state index >= 15 is 0 Å². The van der Waals surface area contributed by atoms with Crippen LogP contribution in [0, 0.1) is 0 Å². The number of nitrogens with zero attached hydrogens (tertiary/aromatic N) is 3. The number of carbonyl (C=O) groups is 1. The number of aromatic nitrogens is 1. The van der Waals surface area contributed by atoms with Gasteiger partial charge in [-0.15, -0.1) is 0 Å². The predicted molar refractivity (Wildman–Crippen MR) is 128 cm³/mol. The third-order valence-corrected chi connectivity index (χ3v) is 6.53. The molecule has 2 fully saturated rings. The predicted octanol–water partition coefficient (Wildman–Crippen LogP) is 3.71. The molecule has 1 unspecified atom stereocenters. The highest BCUT2D eigenvalue weighted by molar-refractivity contribution is 6.06. The van der Waals surface area contributed by atoms with Crippen molar-refractivity contribution in [2.24, 2.45) is 0 Å². The Morgan fingerprint density at radius 1 is 0.970 bits per heavy atom. The number of carbonyl (C=O) groups excluding carboxylic acids is 1. The van der Waals surface area contributed by atoms with Gasteiger partial charge in [0, 0.05) is 31.6 Å². The lowest BCUT2D eigenvalue weighted by atomic mass is 10.0. The molecule has 0 N–H and O–H groups in total. The van der Waals surface area contributed by atoms with Crippen molar-refractivity contribution in [3.63, 3.8) is 0 Å². The quantitative estimate of drug-likeness (QED) is 0.579. The molecule has 2 aliphatic heterocycles. The minimum Gasteiger partial charge on any atom is -0.378 e. The summed E-state index contributed by atoms with van der Waals surface area (Å²) in [5, 5.41) is 0.897. The summed E-state index contributed by atoms with van der Waals surface area (Å²) < 4.78 is 11.6. The number of aryl methyl sites for hydroxylation is 1. The number of para-hydroxylation sites is 1. The Hall–Kier alpha value is -2.80. The molecular weight excluding hydrogens is 414 g/mol. The lowest BCUT2D eigenvalue weighted by Crippen LogP contribution is -2.41. The van der Waals surface area contributed by atoms with Crippen molar-refractivity contribution in [3.8, 4) is 0 Å². The molecule has 1 aromatic heterocycles. The second kappa shape index (κ2) is 10.4. The standard InChI is InChI=1S/C27H31N3O3/c31-27(30-14-16-32-17-15-30)23-19-25(28-24-11-5-4-10-22(23)24)26-20-29(13-18-33-26)12-6-9-21-7-2-1-3-8-21/h1-5,7-8,10-11,19,26H,6,9,12-18,20H2. The smallest absolute Gasteiger partial charge is 0.254 e. The summed E-state index contributed by atoms with van der Waals surface area (Å²) in [7, 11) is 0. The maximum Gasteiger partial charge on any atom is 0.254 e. The van der Waals surface area contributed by atoms with Gasteiger partial charge in [0.2, 0.25) is 0 Å². The zero-order valence-electron chi connectivity index (χ0n) is 19.0. The fourth-order valence-corrected chi connectivity index (χ4v) is 4.71. The van der Waals surface area contributed by atoms with Crippen molar-refractivity contribution >= 4 is 16.8 Å². The molecule has 0 bridgehead atoms. The molecule has 5 rings (SSSR count). The maximum atomic E-state index is 13.4. The van der Waals surface area contributed by atoms with Gasteiger partial charge in [-0.3, -0.25) is 9.69 Å². The van der Waals surface area contributed by atoms with Gasteiger partial charge in [-0.1, -0.05) is 48.5 Å². The van der Waals surface area contributed by atoms with Crippen LogP contribution in [0.25, 0.3) is 10.9 Å². The highest BCUT2D eigenvalue weighted by Crippen LogP contribution is 2.27. The molecule has 6 nitrogen and oxygen atoms in total. The molecule has 2 aromatic carbocycles. The van der Waals surface area contributed by atoms with E-state index in [1.165, 1.54) is 5.56 Å². The first-order chi connectivity index (χ1) is 16.3. The van der Waals surface area contributed by atoms with E-state index in [1.807, 2.05) is 35.2 Å². The van der Waals surface area contributed by atoms with Gasteiger partial charge in [-0.05, 0) is 37.1 Å². The third-order valence-electron chi connectivity index (χ3n) is 6.53. The number of rotatable bonds is 6. The number of amides is 1. The molecule has 1 atom stereocenters. The lowest BCUT2D eigenvalue weighted by Gasteiger charge is -2.33. The Balaban J connectivity index is 1.32. The molecule has 2 aliphatic rings. The topological polar surface area (TPSA) is 54.9 Å². The Kier molecular flexibility index (Phi) is 6.95. The fraction of sp³-hybridized carbons (Fsp3) is 0.407. The summed E-state index contributed by atoms with van der Waals surface area (Å²) in [6, 6.07) is 20.5. The lowest BCUT2D eigenvalue weighted by molar-refractivity contribution is -0.0321. The number of fused-ring (bicyclic) bond motifs is 1. The van der Waals surface area contributed by atoms with Crippen molar-refractivity contribution in [2.75, 3.05) is 52.5 Å². The van der Waals surface area contributed by atoms with E-state index in [-0.39, 0.29) is 12.0 Å². The van der Waals surface area contributed by atoms with Crippen LogP contribution in [0.3, 0.4) is 0 Å². The number of morpholine rings is 2. The van der Waals surface area contributed by atoms with E-state index in [0.717, 1.165) is 49.1 Å². The van der Waals surface area contributed by atoms with Gasteiger partial charge in [0.1, 0.15) is 6.10 Å². The molecule has 1 amide bonds. The highest BCUT2D eigenvalue weighted by atomic mass is 16.5. The zero-order chi connectivity index (χ0) is 22.5.